The molecule has 104 valence electrons. The minimum atomic E-state index is -0.400. The Morgan fingerprint density at radius 2 is 2.37 bits per heavy atom. The van der Waals surface area contributed by atoms with Crippen LogP contribution in [0.4, 0.5) is 5.69 Å². The van der Waals surface area contributed by atoms with Crippen LogP contribution in [0, 0.1) is 16.0 Å². The van der Waals surface area contributed by atoms with Crippen molar-refractivity contribution < 1.29 is 9.66 Å². The zero-order valence-electron chi connectivity index (χ0n) is 10.6. The predicted molar refractivity (Wildman–Crippen MR) is 76.0 cm³/mol. The molecule has 19 heavy (non-hydrogen) atoms. The van der Waals surface area contributed by atoms with E-state index in [4.69, 9.17) is 4.74 Å². The van der Waals surface area contributed by atoms with Crippen molar-refractivity contribution in [1.29, 1.82) is 0 Å². The Bertz CT molecular complexity index is 448. The maximum atomic E-state index is 10.6. The molecule has 1 aliphatic rings. The number of rotatable bonds is 5. The van der Waals surface area contributed by atoms with Gasteiger partial charge in [-0.2, -0.15) is 0 Å². The van der Waals surface area contributed by atoms with Gasteiger partial charge in [0.1, 0.15) is 0 Å². The lowest BCUT2D eigenvalue weighted by Crippen LogP contribution is -2.32. The molecule has 1 fully saturated rings. The van der Waals surface area contributed by atoms with Gasteiger partial charge in [0.05, 0.1) is 18.1 Å². The second kappa shape index (κ2) is 6.98. The third-order valence-corrected chi connectivity index (χ3v) is 4.00. The minimum Gasteiger partial charge on any atom is -0.376 e. The summed E-state index contributed by atoms with van der Waals surface area (Å²) in [5.74, 6) is 0.575. The molecule has 0 amide bonds. The average molecular weight is 329 g/mol. The molecule has 0 aliphatic carbocycles. The third kappa shape index (κ3) is 4.26. The molecule has 1 aromatic rings. The summed E-state index contributed by atoms with van der Waals surface area (Å²) in [6, 6.07) is 4.76. The van der Waals surface area contributed by atoms with Crippen LogP contribution in [0.15, 0.2) is 22.7 Å². The molecule has 6 heteroatoms. The van der Waals surface area contributed by atoms with Gasteiger partial charge in [-0.1, -0.05) is 15.9 Å². The summed E-state index contributed by atoms with van der Waals surface area (Å²) in [6.07, 6.45) is 2.41. The number of nitro groups is 1. The molecule has 0 bridgehead atoms. The van der Waals surface area contributed by atoms with Crippen molar-refractivity contribution in [3.63, 3.8) is 0 Å². The van der Waals surface area contributed by atoms with E-state index < -0.39 is 4.92 Å². The number of hydrogen-bond donors (Lipinski definition) is 1. The van der Waals surface area contributed by atoms with Gasteiger partial charge in [-0.05, 0) is 36.9 Å². The SMILES string of the molecule is O=[N+]([O-])c1ccc(COCC2CCCNC2)c(Br)c1. The molecule has 1 aliphatic heterocycles. The highest BCUT2D eigenvalue weighted by molar-refractivity contribution is 9.10. The Hall–Kier alpha value is -0.980. The smallest absolute Gasteiger partial charge is 0.270 e. The van der Waals surface area contributed by atoms with Crippen LogP contribution in [-0.4, -0.2) is 24.6 Å². The van der Waals surface area contributed by atoms with Crippen LogP contribution in [-0.2, 0) is 11.3 Å². The largest absolute Gasteiger partial charge is 0.376 e. The fourth-order valence-corrected chi connectivity index (χ4v) is 2.65. The lowest BCUT2D eigenvalue weighted by molar-refractivity contribution is -0.384. The van der Waals surface area contributed by atoms with Gasteiger partial charge in [-0.15, -0.1) is 0 Å². The topological polar surface area (TPSA) is 64.4 Å². The molecule has 1 atom stereocenters. The fraction of sp³-hybridized carbons (Fsp3) is 0.538. The van der Waals surface area contributed by atoms with Crippen LogP contribution < -0.4 is 5.32 Å². The van der Waals surface area contributed by atoms with E-state index in [2.05, 4.69) is 21.2 Å². The third-order valence-electron chi connectivity index (χ3n) is 3.26. The van der Waals surface area contributed by atoms with E-state index in [9.17, 15) is 10.1 Å². The first-order valence-corrected chi connectivity index (χ1v) is 7.17. The normalized spacial score (nSPS) is 19.3. The minimum absolute atomic E-state index is 0.0899. The molecule has 0 saturated carbocycles. The van der Waals surface area contributed by atoms with Crippen molar-refractivity contribution in [2.75, 3.05) is 19.7 Å². The van der Waals surface area contributed by atoms with E-state index in [0.717, 1.165) is 29.7 Å². The van der Waals surface area contributed by atoms with Crippen molar-refractivity contribution >= 4 is 21.6 Å². The maximum absolute atomic E-state index is 10.6. The summed E-state index contributed by atoms with van der Waals surface area (Å²) in [6.45, 7) is 3.33. The molecule has 1 saturated heterocycles. The Morgan fingerprint density at radius 3 is 3.00 bits per heavy atom. The summed E-state index contributed by atoms with van der Waals surface area (Å²) in [7, 11) is 0. The highest BCUT2D eigenvalue weighted by atomic mass is 79.9. The van der Waals surface area contributed by atoms with E-state index in [1.54, 1.807) is 6.07 Å². The fourth-order valence-electron chi connectivity index (χ4n) is 2.17. The van der Waals surface area contributed by atoms with Gasteiger partial charge >= 0.3 is 0 Å². The number of piperidine rings is 1. The number of hydrogen-bond acceptors (Lipinski definition) is 4. The zero-order chi connectivity index (χ0) is 13.7. The van der Waals surface area contributed by atoms with E-state index in [-0.39, 0.29) is 5.69 Å². The van der Waals surface area contributed by atoms with Gasteiger partial charge in [-0.25, -0.2) is 0 Å². The highest BCUT2D eigenvalue weighted by Crippen LogP contribution is 2.24. The number of nitrogens with one attached hydrogen (secondary N) is 1. The molecule has 1 N–H and O–H groups in total. The average Bonchev–Trinajstić information content (AvgIpc) is 2.41. The van der Waals surface area contributed by atoms with Gasteiger partial charge in [-0.3, -0.25) is 10.1 Å². The Morgan fingerprint density at radius 1 is 1.53 bits per heavy atom. The van der Waals surface area contributed by atoms with Crippen LogP contribution in [0.5, 0.6) is 0 Å². The number of halogens is 1. The number of nitrogens with zero attached hydrogens (tertiary/aromatic N) is 1. The van der Waals surface area contributed by atoms with E-state index in [0.29, 0.717) is 12.5 Å². The molecule has 0 spiro atoms. The van der Waals surface area contributed by atoms with E-state index in [1.165, 1.54) is 25.0 Å². The van der Waals surface area contributed by atoms with Crippen molar-refractivity contribution in [3.8, 4) is 0 Å². The Balaban J connectivity index is 1.83. The van der Waals surface area contributed by atoms with E-state index >= 15 is 0 Å². The van der Waals surface area contributed by atoms with Gasteiger partial charge in [0.15, 0.2) is 0 Å². The molecular formula is C13H17BrN2O3. The Kier molecular flexibility index (Phi) is 5.30. The summed E-state index contributed by atoms with van der Waals surface area (Å²) in [5, 5.41) is 14.0. The van der Waals surface area contributed by atoms with Gasteiger partial charge in [0.25, 0.3) is 5.69 Å². The molecule has 1 aromatic carbocycles. The molecule has 5 nitrogen and oxygen atoms in total. The summed E-state index contributed by atoms with van der Waals surface area (Å²) in [5.41, 5.74) is 1.03. The molecule has 0 aromatic heterocycles. The van der Waals surface area contributed by atoms with E-state index in [1.807, 2.05) is 0 Å². The van der Waals surface area contributed by atoms with Gasteiger partial charge < -0.3 is 10.1 Å². The van der Waals surface area contributed by atoms with Crippen molar-refractivity contribution in [2.24, 2.45) is 5.92 Å². The predicted octanol–water partition coefficient (Wildman–Crippen LogP) is 2.87. The lowest BCUT2D eigenvalue weighted by atomic mass is 10.0. The molecule has 0 radical (unpaired) electrons. The van der Waals surface area contributed by atoms with Crippen LogP contribution >= 0.6 is 15.9 Å². The second-order valence-electron chi connectivity index (χ2n) is 4.76. The summed E-state index contributed by atoms with van der Waals surface area (Å²) < 4.78 is 6.43. The quantitative estimate of drug-likeness (QED) is 0.666. The van der Waals surface area contributed by atoms with Crippen molar-refractivity contribution in [3.05, 3.63) is 38.3 Å². The van der Waals surface area contributed by atoms with Crippen LogP contribution in [0.3, 0.4) is 0 Å². The first-order valence-electron chi connectivity index (χ1n) is 6.38. The lowest BCUT2D eigenvalue weighted by Gasteiger charge is -2.22. The number of ether oxygens (including phenoxy) is 1. The van der Waals surface area contributed by atoms with Gasteiger partial charge in [0, 0.05) is 23.2 Å². The van der Waals surface area contributed by atoms with Crippen molar-refractivity contribution in [2.45, 2.75) is 19.4 Å². The molecular weight excluding hydrogens is 312 g/mol. The van der Waals surface area contributed by atoms with Crippen molar-refractivity contribution in [1.82, 2.24) is 5.32 Å². The number of nitro benzene ring substituents is 1. The highest BCUT2D eigenvalue weighted by Gasteiger charge is 2.14. The van der Waals surface area contributed by atoms with Crippen LogP contribution in [0.1, 0.15) is 18.4 Å². The van der Waals surface area contributed by atoms with Gasteiger partial charge in [0.2, 0.25) is 0 Å². The molecule has 1 unspecified atom stereocenters. The molecule has 1 heterocycles. The Labute approximate surface area is 120 Å². The first-order chi connectivity index (χ1) is 9.16. The summed E-state index contributed by atoms with van der Waals surface area (Å²) >= 11 is 3.34. The number of non-ortho nitro benzene ring substituents is 1. The maximum Gasteiger partial charge on any atom is 0.270 e. The standard InChI is InChI=1S/C13H17BrN2O3/c14-13-6-12(16(17)18)4-3-11(13)9-19-8-10-2-1-5-15-7-10/h3-4,6,10,15H,1-2,5,7-9H2. The van der Waals surface area contributed by atoms with Crippen LogP contribution in [0.2, 0.25) is 0 Å². The monoisotopic (exact) mass is 328 g/mol. The summed E-state index contributed by atoms with van der Waals surface area (Å²) in [4.78, 5) is 10.2. The first kappa shape index (κ1) is 14.4. The second-order valence-corrected chi connectivity index (χ2v) is 5.61. The number of benzene rings is 1. The van der Waals surface area contributed by atoms with Crippen LogP contribution in [0.25, 0.3) is 0 Å². The molecule has 2 rings (SSSR count). The zero-order valence-corrected chi connectivity index (χ0v) is 12.2.